The van der Waals surface area contributed by atoms with Crippen LogP contribution in [0.3, 0.4) is 0 Å². The molecule has 0 amide bonds. The van der Waals surface area contributed by atoms with Gasteiger partial charge in [-0.25, -0.2) is 0 Å². The second kappa shape index (κ2) is 4.01. The predicted octanol–water partition coefficient (Wildman–Crippen LogP) is 2.71. The number of terminal acetylenes is 1. The summed E-state index contributed by atoms with van der Waals surface area (Å²) in [5.41, 5.74) is 0. The van der Waals surface area contributed by atoms with Crippen LogP contribution < -0.4 is 0 Å². The van der Waals surface area contributed by atoms with Crippen LogP contribution >= 0.6 is 0 Å². The Morgan fingerprint density at radius 2 is 1.69 bits per heavy atom. The maximum Gasteiger partial charge on any atom is 0.522 e. The summed E-state index contributed by atoms with van der Waals surface area (Å²) < 4.78 is 39.2. The molecule has 13 heavy (non-hydrogen) atoms. The minimum absolute atomic E-state index is 0.132. The molecule has 74 valence electrons. The second-order valence-electron chi connectivity index (χ2n) is 3.20. The van der Waals surface area contributed by atoms with Crippen molar-refractivity contribution >= 4 is 0 Å². The molecule has 0 atom stereocenters. The van der Waals surface area contributed by atoms with Crippen LogP contribution in [0.2, 0.25) is 0 Å². The first kappa shape index (κ1) is 10.4. The van der Waals surface area contributed by atoms with Gasteiger partial charge in [-0.05, 0) is 25.7 Å². The lowest BCUT2D eigenvalue weighted by Gasteiger charge is -2.26. The Bertz CT molecular complexity index is 196. The molecule has 0 heterocycles. The summed E-state index contributed by atoms with van der Waals surface area (Å²) in [6, 6.07) is 0. The van der Waals surface area contributed by atoms with Gasteiger partial charge in [0.1, 0.15) is 0 Å². The summed E-state index contributed by atoms with van der Waals surface area (Å²) in [7, 11) is 0. The second-order valence-corrected chi connectivity index (χ2v) is 3.20. The number of hydrogen-bond donors (Lipinski definition) is 0. The van der Waals surface area contributed by atoms with Crippen LogP contribution in [0, 0.1) is 18.3 Å². The molecule has 0 aromatic rings. The average molecular weight is 192 g/mol. The Morgan fingerprint density at radius 1 is 1.15 bits per heavy atom. The molecule has 0 aliphatic heterocycles. The zero-order valence-electron chi connectivity index (χ0n) is 7.10. The smallest absolute Gasteiger partial charge is 0.289 e. The summed E-state index contributed by atoms with van der Waals surface area (Å²) in [6.45, 7) is 0. The first-order chi connectivity index (χ1) is 6.01. The Balaban J connectivity index is 2.30. The molecule has 1 nitrogen and oxygen atoms in total. The zero-order valence-corrected chi connectivity index (χ0v) is 7.10. The fourth-order valence-electron chi connectivity index (χ4n) is 1.54. The van der Waals surface area contributed by atoms with Gasteiger partial charge < -0.3 is 0 Å². The van der Waals surface area contributed by atoms with E-state index in [1.807, 2.05) is 0 Å². The minimum atomic E-state index is -4.51. The highest BCUT2D eigenvalue weighted by Gasteiger charge is 2.34. The minimum Gasteiger partial charge on any atom is -0.289 e. The molecule has 1 aliphatic carbocycles. The van der Waals surface area contributed by atoms with Gasteiger partial charge in [0.05, 0.1) is 6.10 Å². The molecule has 0 N–H and O–H groups in total. The maximum absolute atomic E-state index is 11.8. The van der Waals surface area contributed by atoms with E-state index in [-0.39, 0.29) is 5.92 Å². The molecule has 0 spiro atoms. The molecule has 0 radical (unpaired) electrons. The highest BCUT2D eigenvalue weighted by atomic mass is 19.4. The third-order valence-corrected chi connectivity index (χ3v) is 2.21. The van der Waals surface area contributed by atoms with Gasteiger partial charge in [-0.3, -0.25) is 4.74 Å². The van der Waals surface area contributed by atoms with Crippen LogP contribution in [-0.4, -0.2) is 12.5 Å². The lowest BCUT2D eigenvalue weighted by Crippen LogP contribution is -2.27. The van der Waals surface area contributed by atoms with E-state index in [1.165, 1.54) is 0 Å². The molecule has 0 aromatic heterocycles. The number of halogens is 3. The highest BCUT2D eigenvalue weighted by molar-refractivity contribution is 4.95. The van der Waals surface area contributed by atoms with Crippen LogP contribution in [0.5, 0.6) is 0 Å². The van der Waals surface area contributed by atoms with E-state index < -0.39 is 12.5 Å². The third-order valence-electron chi connectivity index (χ3n) is 2.21. The molecule has 0 bridgehead atoms. The number of alkyl halides is 3. The Kier molecular flexibility index (Phi) is 3.21. The van der Waals surface area contributed by atoms with Crippen molar-refractivity contribution in [1.82, 2.24) is 0 Å². The Labute approximate surface area is 75.3 Å². The molecule has 1 saturated carbocycles. The van der Waals surface area contributed by atoms with E-state index in [1.54, 1.807) is 0 Å². The van der Waals surface area contributed by atoms with E-state index in [4.69, 9.17) is 6.42 Å². The van der Waals surface area contributed by atoms with Crippen molar-refractivity contribution < 1.29 is 17.9 Å². The van der Waals surface area contributed by atoms with Gasteiger partial charge in [0.15, 0.2) is 0 Å². The van der Waals surface area contributed by atoms with Crippen molar-refractivity contribution in [3.05, 3.63) is 0 Å². The molecule has 1 fully saturated rings. The number of ether oxygens (including phenoxy) is 1. The summed E-state index contributed by atoms with van der Waals surface area (Å²) in [5.74, 6) is 2.68. The van der Waals surface area contributed by atoms with Gasteiger partial charge in [0.25, 0.3) is 0 Å². The van der Waals surface area contributed by atoms with Crippen LogP contribution in [0.4, 0.5) is 13.2 Å². The highest BCUT2D eigenvalue weighted by Crippen LogP contribution is 2.30. The van der Waals surface area contributed by atoms with Crippen molar-refractivity contribution in [3.8, 4) is 12.3 Å². The lowest BCUT2D eigenvalue weighted by atomic mass is 9.88. The average Bonchev–Trinajstić information content (AvgIpc) is 2.03. The predicted molar refractivity (Wildman–Crippen MR) is 41.7 cm³/mol. The molecule has 1 rings (SSSR count). The monoisotopic (exact) mass is 192 g/mol. The third kappa shape index (κ3) is 3.69. The maximum atomic E-state index is 11.8. The molecule has 0 unspecified atom stereocenters. The quantitative estimate of drug-likeness (QED) is 0.580. The van der Waals surface area contributed by atoms with E-state index in [0.29, 0.717) is 25.7 Å². The topological polar surface area (TPSA) is 9.23 Å². The fraction of sp³-hybridized carbons (Fsp3) is 0.778. The molecular weight excluding hydrogens is 181 g/mol. The van der Waals surface area contributed by atoms with Crippen LogP contribution in [0.25, 0.3) is 0 Å². The molecule has 0 aromatic carbocycles. The van der Waals surface area contributed by atoms with Crippen LogP contribution in [-0.2, 0) is 4.74 Å². The Hall–Kier alpha value is -0.690. The summed E-state index contributed by atoms with van der Waals surface area (Å²) >= 11 is 0. The Morgan fingerprint density at radius 3 is 2.08 bits per heavy atom. The van der Waals surface area contributed by atoms with Gasteiger partial charge in [-0.2, -0.15) is 0 Å². The van der Waals surface area contributed by atoms with Gasteiger partial charge in [0, 0.05) is 5.92 Å². The molecule has 0 saturated heterocycles. The van der Waals surface area contributed by atoms with Crippen molar-refractivity contribution in [2.75, 3.05) is 0 Å². The first-order valence-corrected chi connectivity index (χ1v) is 4.22. The molecular formula is C9H11F3O. The van der Waals surface area contributed by atoms with E-state index >= 15 is 0 Å². The van der Waals surface area contributed by atoms with Crippen molar-refractivity contribution in [1.29, 1.82) is 0 Å². The number of hydrogen-bond acceptors (Lipinski definition) is 1. The normalized spacial score (nSPS) is 29.7. The van der Waals surface area contributed by atoms with Crippen LogP contribution in [0.15, 0.2) is 0 Å². The van der Waals surface area contributed by atoms with Crippen molar-refractivity contribution in [2.24, 2.45) is 5.92 Å². The zero-order chi connectivity index (χ0) is 9.90. The SMILES string of the molecule is C#CC1CCC(OC(F)(F)F)CC1. The first-order valence-electron chi connectivity index (χ1n) is 4.22. The standard InChI is InChI=1S/C9H11F3O/c1-2-7-3-5-8(6-4-7)13-9(10,11)12/h1,7-8H,3-6H2. The van der Waals surface area contributed by atoms with E-state index in [9.17, 15) is 13.2 Å². The van der Waals surface area contributed by atoms with Crippen molar-refractivity contribution in [3.63, 3.8) is 0 Å². The van der Waals surface area contributed by atoms with Gasteiger partial charge in [-0.1, -0.05) is 0 Å². The van der Waals surface area contributed by atoms with Gasteiger partial charge in [0.2, 0.25) is 0 Å². The van der Waals surface area contributed by atoms with E-state index in [2.05, 4.69) is 10.7 Å². The fourth-order valence-corrected chi connectivity index (χ4v) is 1.54. The van der Waals surface area contributed by atoms with Gasteiger partial charge >= 0.3 is 6.36 Å². The van der Waals surface area contributed by atoms with Gasteiger partial charge in [-0.15, -0.1) is 25.5 Å². The van der Waals surface area contributed by atoms with Crippen molar-refractivity contribution in [2.45, 2.75) is 38.1 Å². The van der Waals surface area contributed by atoms with E-state index in [0.717, 1.165) is 0 Å². The lowest BCUT2D eigenvalue weighted by molar-refractivity contribution is -0.345. The molecule has 1 aliphatic rings. The largest absolute Gasteiger partial charge is 0.522 e. The molecule has 4 heteroatoms. The summed E-state index contributed by atoms with van der Waals surface area (Å²) in [6.07, 6.45) is 2.06. The summed E-state index contributed by atoms with van der Waals surface area (Å²) in [5, 5.41) is 0. The number of rotatable bonds is 1. The summed E-state index contributed by atoms with van der Waals surface area (Å²) in [4.78, 5) is 0. The van der Waals surface area contributed by atoms with Crippen LogP contribution in [0.1, 0.15) is 25.7 Å².